The molecule has 2 fully saturated rings. The molecule has 2 N–H and O–H groups in total. The van der Waals surface area contributed by atoms with E-state index in [1.807, 2.05) is 7.11 Å². The average Bonchev–Trinajstić information content (AvgIpc) is 3.57. The Labute approximate surface area is 195 Å². The highest BCUT2D eigenvalue weighted by molar-refractivity contribution is 6.03. The van der Waals surface area contributed by atoms with Gasteiger partial charge in [-0.05, 0) is 85.4 Å². The van der Waals surface area contributed by atoms with E-state index >= 15 is 0 Å². The van der Waals surface area contributed by atoms with Crippen molar-refractivity contribution in [3.8, 4) is 17.9 Å². The van der Waals surface area contributed by atoms with Gasteiger partial charge >= 0.3 is 0 Å². The van der Waals surface area contributed by atoms with Crippen molar-refractivity contribution in [2.45, 2.75) is 63.0 Å². The first-order valence-electron chi connectivity index (χ1n) is 12.1. The molecular weight excluding hydrogens is 406 g/mol. The Hall–Kier alpha value is -3.08. The molecule has 1 aliphatic heterocycles. The lowest BCUT2D eigenvalue weighted by atomic mass is 9.59. The molecule has 166 valence electrons. The van der Waals surface area contributed by atoms with Crippen molar-refractivity contribution >= 4 is 5.84 Å². The van der Waals surface area contributed by atoms with Gasteiger partial charge in [0, 0.05) is 29.6 Å². The van der Waals surface area contributed by atoms with Crippen LogP contribution in [0.4, 0.5) is 0 Å². The van der Waals surface area contributed by atoms with E-state index in [0.717, 1.165) is 48.8 Å². The van der Waals surface area contributed by atoms with E-state index in [1.165, 1.54) is 29.5 Å². The van der Waals surface area contributed by atoms with Crippen LogP contribution in [0.15, 0.2) is 41.4 Å². The number of nitrogens with zero attached hydrogens (tertiary/aromatic N) is 2. The van der Waals surface area contributed by atoms with Crippen LogP contribution in [0.25, 0.3) is 0 Å². The van der Waals surface area contributed by atoms with E-state index in [2.05, 4.69) is 54.3 Å². The van der Waals surface area contributed by atoms with Gasteiger partial charge in [0.15, 0.2) is 0 Å². The summed E-state index contributed by atoms with van der Waals surface area (Å²) >= 11 is 0. The molecule has 0 saturated heterocycles. The first-order valence-corrected chi connectivity index (χ1v) is 12.1. The highest BCUT2D eigenvalue weighted by atomic mass is 16.5. The van der Waals surface area contributed by atoms with Gasteiger partial charge in [-0.3, -0.25) is 4.99 Å². The Bertz CT molecular complexity index is 1260. The lowest BCUT2D eigenvalue weighted by Gasteiger charge is -2.47. The van der Waals surface area contributed by atoms with E-state index in [9.17, 15) is 5.26 Å². The van der Waals surface area contributed by atoms with Gasteiger partial charge < -0.3 is 10.5 Å². The van der Waals surface area contributed by atoms with Gasteiger partial charge in [0.25, 0.3) is 0 Å². The van der Waals surface area contributed by atoms with Crippen molar-refractivity contribution in [1.29, 1.82) is 5.26 Å². The molecule has 2 aromatic rings. The Morgan fingerprint density at radius 3 is 2.64 bits per heavy atom. The Morgan fingerprint density at radius 2 is 1.91 bits per heavy atom. The second-order valence-electron chi connectivity index (χ2n) is 10.2. The first-order chi connectivity index (χ1) is 16.1. The van der Waals surface area contributed by atoms with Crippen molar-refractivity contribution in [1.82, 2.24) is 0 Å². The minimum Gasteiger partial charge on any atom is -0.383 e. The Kier molecular flexibility index (Phi) is 4.65. The zero-order chi connectivity index (χ0) is 22.6. The highest BCUT2D eigenvalue weighted by Gasteiger charge is 2.62. The lowest BCUT2D eigenvalue weighted by molar-refractivity contribution is 0.00684. The van der Waals surface area contributed by atoms with Crippen LogP contribution >= 0.6 is 0 Å². The van der Waals surface area contributed by atoms with Gasteiger partial charge in [0.2, 0.25) is 0 Å². The molecule has 3 aliphatic carbocycles. The number of methoxy groups -OCH3 is 1. The van der Waals surface area contributed by atoms with Crippen LogP contribution in [0.1, 0.15) is 71.9 Å². The maximum Gasteiger partial charge on any atom is 0.127 e. The lowest BCUT2D eigenvalue weighted by Crippen LogP contribution is -2.45. The second-order valence-corrected chi connectivity index (χ2v) is 10.2. The van der Waals surface area contributed by atoms with Crippen LogP contribution in [0.5, 0.6) is 0 Å². The van der Waals surface area contributed by atoms with E-state index in [4.69, 9.17) is 15.5 Å². The van der Waals surface area contributed by atoms with Crippen LogP contribution in [0.3, 0.4) is 0 Å². The quantitative estimate of drug-likeness (QED) is 0.701. The second kappa shape index (κ2) is 7.47. The number of ether oxygens (including phenoxy) is 1. The molecule has 0 amide bonds. The summed E-state index contributed by atoms with van der Waals surface area (Å²) in [6, 6.07) is 15.4. The van der Waals surface area contributed by atoms with Crippen molar-refractivity contribution in [2.24, 2.45) is 22.1 Å². The molecule has 4 aliphatic rings. The fraction of sp³-hybridized carbons (Fsp3) is 0.448. The summed E-state index contributed by atoms with van der Waals surface area (Å²) in [4.78, 5) is 5.33. The SMILES string of the molecule is COC1CCC2(CC1)Cc1ccc(C#CC3CC3)cc1C21N=C(N)c2cc(CC#N)ccc21. The molecule has 4 heteroatoms. The summed E-state index contributed by atoms with van der Waals surface area (Å²) in [5, 5.41) is 9.20. The van der Waals surface area contributed by atoms with Crippen LogP contribution in [-0.2, 0) is 23.1 Å². The van der Waals surface area contributed by atoms with Crippen LogP contribution in [-0.4, -0.2) is 19.0 Å². The number of amidine groups is 1. The highest BCUT2D eigenvalue weighted by Crippen LogP contribution is 2.64. The van der Waals surface area contributed by atoms with Crippen molar-refractivity contribution in [3.05, 3.63) is 69.8 Å². The van der Waals surface area contributed by atoms with Gasteiger partial charge in [0.1, 0.15) is 11.4 Å². The smallest absolute Gasteiger partial charge is 0.127 e. The fourth-order valence-electron chi connectivity index (χ4n) is 6.49. The number of rotatable bonds is 2. The number of fused-ring (bicyclic) bond motifs is 5. The predicted octanol–water partition coefficient (Wildman–Crippen LogP) is 4.61. The molecule has 2 aromatic carbocycles. The maximum atomic E-state index is 9.20. The van der Waals surface area contributed by atoms with E-state index < -0.39 is 5.54 Å². The van der Waals surface area contributed by atoms with Gasteiger partial charge in [-0.25, -0.2) is 0 Å². The average molecular weight is 436 g/mol. The van der Waals surface area contributed by atoms with E-state index in [0.29, 0.717) is 24.3 Å². The third-order valence-corrected chi connectivity index (χ3v) is 8.34. The number of nitrogens with two attached hydrogens (primary N) is 1. The van der Waals surface area contributed by atoms with E-state index in [-0.39, 0.29) is 5.41 Å². The molecule has 1 atom stereocenters. The predicted molar refractivity (Wildman–Crippen MR) is 129 cm³/mol. The zero-order valence-corrected chi connectivity index (χ0v) is 19.2. The summed E-state index contributed by atoms with van der Waals surface area (Å²) in [7, 11) is 1.82. The number of nitriles is 1. The summed E-state index contributed by atoms with van der Waals surface area (Å²) in [6.07, 6.45) is 8.35. The van der Waals surface area contributed by atoms with Gasteiger partial charge in [0.05, 0.1) is 18.6 Å². The normalized spacial score (nSPS) is 29.2. The monoisotopic (exact) mass is 435 g/mol. The molecule has 0 radical (unpaired) electrons. The van der Waals surface area contributed by atoms with Gasteiger partial charge in [-0.15, -0.1) is 0 Å². The number of benzene rings is 2. The van der Waals surface area contributed by atoms with E-state index in [1.54, 1.807) is 0 Å². The molecule has 0 aromatic heterocycles. The third kappa shape index (κ3) is 3.05. The van der Waals surface area contributed by atoms with Crippen molar-refractivity contribution < 1.29 is 4.74 Å². The van der Waals surface area contributed by atoms with Crippen LogP contribution < -0.4 is 5.73 Å². The Morgan fingerprint density at radius 1 is 1.09 bits per heavy atom. The molecule has 4 nitrogen and oxygen atoms in total. The number of hydrogen-bond donors (Lipinski definition) is 1. The molecular formula is C29H29N3O. The Balaban J connectivity index is 1.53. The minimum atomic E-state index is -0.483. The molecule has 6 rings (SSSR count). The largest absolute Gasteiger partial charge is 0.383 e. The fourth-order valence-corrected chi connectivity index (χ4v) is 6.49. The minimum absolute atomic E-state index is 0.0144. The number of aliphatic imine (C=N–C) groups is 1. The first kappa shape index (κ1) is 20.5. The molecule has 2 spiro atoms. The topological polar surface area (TPSA) is 71.4 Å². The van der Waals surface area contributed by atoms with Gasteiger partial charge in [-0.1, -0.05) is 30.0 Å². The van der Waals surface area contributed by atoms with Crippen LogP contribution in [0.2, 0.25) is 0 Å². The molecule has 2 saturated carbocycles. The summed E-state index contributed by atoms with van der Waals surface area (Å²) < 4.78 is 5.73. The molecule has 0 bridgehead atoms. The van der Waals surface area contributed by atoms with Crippen molar-refractivity contribution in [3.63, 3.8) is 0 Å². The summed E-state index contributed by atoms with van der Waals surface area (Å²) in [6.45, 7) is 0. The maximum absolute atomic E-state index is 9.20. The zero-order valence-electron chi connectivity index (χ0n) is 19.2. The third-order valence-electron chi connectivity index (χ3n) is 8.34. The summed E-state index contributed by atoms with van der Waals surface area (Å²) in [5.41, 5.74) is 13.0. The van der Waals surface area contributed by atoms with Crippen LogP contribution in [0, 0.1) is 34.5 Å². The molecule has 1 heterocycles. The summed E-state index contributed by atoms with van der Waals surface area (Å²) in [5.74, 6) is 8.01. The molecule has 33 heavy (non-hydrogen) atoms. The van der Waals surface area contributed by atoms with Gasteiger partial charge in [-0.2, -0.15) is 5.26 Å². The number of hydrogen-bond acceptors (Lipinski definition) is 4. The standard InChI is InChI=1S/C29H29N3O/c1-33-23-10-13-28(14-11-23)18-22-8-6-20(5-4-19-2-3-19)17-26(22)29(28)25-9-7-21(12-15-30)16-24(25)27(31)32-29/h6-9,16-17,19,23H,2-3,10-14,18H2,1H3,(H2,31,32). The van der Waals surface area contributed by atoms with Crippen molar-refractivity contribution in [2.75, 3.05) is 7.11 Å². The molecule has 1 unspecified atom stereocenters.